The molecule has 30 heavy (non-hydrogen) atoms. The molecule has 1 aromatic carbocycles. The summed E-state index contributed by atoms with van der Waals surface area (Å²) in [4.78, 5) is 19.1. The first-order valence-electron chi connectivity index (χ1n) is 10.2. The van der Waals surface area contributed by atoms with E-state index in [1.54, 1.807) is 0 Å². The van der Waals surface area contributed by atoms with Crippen molar-refractivity contribution in [3.8, 4) is 0 Å². The Labute approximate surface area is 185 Å². The fourth-order valence-electron chi connectivity index (χ4n) is 3.98. The summed E-state index contributed by atoms with van der Waals surface area (Å²) >= 11 is 7.69. The summed E-state index contributed by atoms with van der Waals surface area (Å²) in [5.74, 6) is 0.476. The number of carbonyl (C=O) groups excluding carboxylic acids is 1. The number of thioether (sulfide) groups is 1. The van der Waals surface area contributed by atoms with Crippen LogP contribution < -0.4 is 21.1 Å². The molecule has 3 aliphatic rings. The number of nitrogens with one attached hydrogen (secondary N) is 4. The molecular formula is C20H27ClN6O2S. The minimum atomic E-state index is -0.235. The van der Waals surface area contributed by atoms with Crippen LogP contribution in [0.4, 0.5) is 5.69 Å². The molecule has 0 saturated carbocycles. The highest BCUT2D eigenvalue weighted by Crippen LogP contribution is 2.35. The highest BCUT2D eigenvalue weighted by atomic mass is 35.5. The summed E-state index contributed by atoms with van der Waals surface area (Å²) in [7, 11) is 0. The van der Waals surface area contributed by atoms with Gasteiger partial charge in [0.25, 0.3) is 0 Å². The number of ether oxygens (including phenoxy) is 1. The molecule has 4 unspecified atom stereocenters. The fraction of sp³-hybridized carbons (Fsp3) is 0.550. The Morgan fingerprint density at radius 2 is 2.30 bits per heavy atom. The van der Waals surface area contributed by atoms with Crippen LogP contribution in [0.1, 0.15) is 25.3 Å². The number of halogens is 1. The van der Waals surface area contributed by atoms with E-state index in [0.717, 1.165) is 30.7 Å². The van der Waals surface area contributed by atoms with Crippen LogP contribution in [0.25, 0.3) is 0 Å². The lowest BCUT2D eigenvalue weighted by Crippen LogP contribution is -2.50. The third kappa shape index (κ3) is 4.36. The lowest BCUT2D eigenvalue weighted by molar-refractivity contribution is -0.119. The van der Waals surface area contributed by atoms with Crippen LogP contribution in [-0.4, -0.2) is 54.1 Å². The molecule has 0 aromatic heterocycles. The molecule has 1 amide bonds. The summed E-state index contributed by atoms with van der Waals surface area (Å²) < 4.78 is 5.56. The smallest absolute Gasteiger partial charge is 0.230 e. The van der Waals surface area contributed by atoms with Crippen molar-refractivity contribution in [2.45, 2.75) is 45.0 Å². The van der Waals surface area contributed by atoms with Crippen LogP contribution in [0.3, 0.4) is 0 Å². The zero-order valence-corrected chi connectivity index (χ0v) is 18.6. The van der Waals surface area contributed by atoms with Gasteiger partial charge in [-0.05, 0) is 44.4 Å². The summed E-state index contributed by atoms with van der Waals surface area (Å²) in [6.45, 7) is 5.26. The number of benzene rings is 1. The zero-order chi connectivity index (χ0) is 21.3. The molecule has 0 radical (unpaired) electrons. The number of carbonyl (C=O) groups is 1. The molecule has 2 saturated heterocycles. The van der Waals surface area contributed by atoms with E-state index in [-0.39, 0.29) is 35.9 Å². The van der Waals surface area contributed by atoms with Crippen LogP contribution >= 0.6 is 23.4 Å². The van der Waals surface area contributed by atoms with E-state index in [4.69, 9.17) is 26.7 Å². The van der Waals surface area contributed by atoms with Crippen LogP contribution in [-0.2, 0) is 9.53 Å². The van der Waals surface area contributed by atoms with Gasteiger partial charge in [0.1, 0.15) is 12.0 Å². The average molecular weight is 451 g/mol. The van der Waals surface area contributed by atoms with Crippen molar-refractivity contribution in [3.63, 3.8) is 0 Å². The van der Waals surface area contributed by atoms with Crippen molar-refractivity contribution < 1.29 is 9.53 Å². The van der Waals surface area contributed by atoms with E-state index < -0.39 is 0 Å². The monoisotopic (exact) mass is 450 g/mol. The lowest BCUT2D eigenvalue weighted by atomic mass is 9.96. The molecule has 0 spiro atoms. The highest BCUT2D eigenvalue weighted by Gasteiger charge is 2.44. The quantitative estimate of drug-likeness (QED) is 0.549. The second kappa shape index (κ2) is 9.23. The van der Waals surface area contributed by atoms with Crippen molar-refractivity contribution >= 4 is 46.0 Å². The SMILES string of the molecule is Cc1c(Cl)cccc1N1C(=N)C2C(C)NNC2N=C1SCC(=O)NCC1CCCO1. The van der Waals surface area contributed by atoms with Gasteiger partial charge in [-0.1, -0.05) is 29.4 Å². The van der Waals surface area contributed by atoms with E-state index >= 15 is 0 Å². The number of amides is 1. The second-order valence-electron chi connectivity index (χ2n) is 7.79. The maximum absolute atomic E-state index is 12.4. The maximum Gasteiger partial charge on any atom is 0.230 e. The number of amidine groups is 2. The number of hydrogen-bond donors (Lipinski definition) is 4. The Morgan fingerprint density at radius 1 is 1.47 bits per heavy atom. The average Bonchev–Trinajstić information content (AvgIpc) is 3.37. The van der Waals surface area contributed by atoms with E-state index in [1.165, 1.54) is 11.8 Å². The van der Waals surface area contributed by atoms with Gasteiger partial charge < -0.3 is 10.1 Å². The number of rotatable bonds is 5. The predicted molar refractivity (Wildman–Crippen MR) is 121 cm³/mol. The van der Waals surface area contributed by atoms with Crippen LogP contribution in [0.2, 0.25) is 5.02 Å². The minimum Gasteiger partial charge on any atom is -0.376 e. The molecule has 10 heteroatoms. The molecule has 1 aromatic rings. The normalized spacial score (nSPS) is 28.4. The molecule has 162 valence electrons. The van der Waals surface area contributed by atoms with Gasteiger partial charge >= 0.3 is 0 Å². The first kappa shape index (κ1) is 21.6. The van der Waals surface area contributed by atoms with Crippen LogP contribution in [0.15, 0.2) is 23.2 Å². The van der Waals surface area contributed by atoms with E-state index in [0.29, 0.717) is 22.6 Å². The largest absolute Gasteiger partial charge is 0.376 e. The third-order valence-electron chi connectivity index (χ3n) is 5.70. The second-order valence-corrected chi connectivity index (χ2v) is 9.14. The van der Waals surface area contributed by atoms with Crippen molar-refractivity contribution in [1.29, 1.82) is 5.41 Å². The first-order chi connectivity index (χ1) is 14.5. The Balaban J connectivity index is 1.52. The van der Waals surface area contributed by atoms with Gasteiger partial charge in [0.05, 0.1) is 23.5 Å². The standard InChI is InChI=1S/C20H27ClN6O2S/c1-11-14(21)6-3-7-15(11)27-18(22)17-12(2)25-26-19(17)24-20(27)30-10-16(28)23-9-13-5-4-8-29-13/h3,6-7,12-13,17,19,22,25-26H,4-5,8-10H2,1-2H3,(H,23,28). The fourth-order valence-corrected chi connectivity index (χ4v) is 5.03. The van der Waals surface area contributed by atoms with Crippen LogP contribution in [0, 0.1) is 18.3 Å². The van der Waals surface area contributed by atoms with E-state index in [2.05, 4.69) is 16.2 Å². The first-order valence-corrected chi connectivity index (χ1v) is 11.6. The highest BCUT2D eigenvalue weighted by molar-refractivity contribution is 8.14. The van der Waals surface area contributed by atoms with Crippen molar-refractivity contribution in [3.05, 3.63) is 28.8 Å². The maximum atomic E-state index is 12.4. The topological polar surface area (TPSA) is 102 Å². The van der Waals surface area contributed by atoms with Crippen molar-refractivity contribution in [1.82, 2.24) is 16.2 Å². The molecule has 3 aliphatic heterocycles. The Hall–Kier alpha value is -1.65. The van der Waals surface area contributed by atoms with Gasteiger partial charge in [0.2, 0.25) is 5.91 Å². The summed E-state index contributed by atoms with van der Waals surface area (Å²) in [5.41, 5.74) is 8.02. The van der Waals surface area contributed by atoms with Gasteiger partial charge in [0.15, 0.2) is 5.17 Å². The van der Waals surface area contributed by atoms with Gasteiger partial charge in [-0.15, -0.1) is 0 Å². The van der Waals surface area contributed by atoms with Gasteiger partial charge in [-0.25, -0.2) is 10.4 Å². The van der Waals surface area contributed by atoms with Gasteiger partial charge in [0, 0.05) is 24.2 Å². The Kier molecular flexibility index (Phi) is 6.64. The summed E-state index contributed by atoms with van der Waals surface area (Å²) in [6, 6.07) is 5.70. The van der Waals surface area contributed by atoms with Crippen LogP contribution in [0.5, 0.6) is 0 Å². The van der Waals surface area contributed by atoms with Gasteiger partial charge in [-0.3, -0.25) is 20.5 Å². The Morgan fingerprint density at radius 3 is 3.07 bits per heavy atom. The minimum absolute atomic E-state index is 0.0644. The number of aliphatic imine (C=N–C) groups is 1. The Bertz CT molecular complexity index is 860. The molecule has 4 rings (SSSR count). The zero-order valence-electron chi connectivity index (χ0n) is 17.1. The number of hydrogen-bond acceptors (Lipinski definition) is 7. The molecule has 4 N–H and O–H groups in total. The molecule has 0 aliphatic carbocycles. The van der Waals surface area contributed by atoms with Crippen molar-refractivity contribution in [2.75, 3.05) is 23.8 Å². The predicted octanol–water partition coefficient (Wildman–Crippen LogP) is 2.27. The number of nitrogens with zero attached hydrogens (tertiary/aromatic N) is 2. The number of anilines is 1. The van der Waals surface area contributed by atoms with E-state index in [1.807, 2.05) is 36.9 Å². The molecule has 3 heterocycles. The lowest BCUT2D eigenvalue weighted by Gasteiger charge is -2.36. The summed E-state index contributed by atoms with van der Waals surface area (Å²) in [6.07, 6.45) is 1.91. The number of fused-ring (bicyclic) bond motifs is 1. The third-order valence-corrected chi connectivity index (χ3v) is 7.06. The van der Waals surface area contributed by atoms with Gasteiger partial charge in [-0.2, -0.15) is 0 Å². The number of hydrazine groups is 1. The molecular weight excluding hydrogens is 424 g/mol. The molecule has 0 bridgehead atoms. The summed E-state index contributed by atoms with van der Waals surface area (Å²) in [5, 5.41) is 13.1. The molecule has 4 atom stereocenters. The van der Waals surface area contributed by atoms with E-state index in [9.17, 15) is 4.79 Å². The molecule has 8 nitrogen and oxygen atoms in total. The van der Waals surface area contributed by atoms with Crippen molar-refractivity contribution in [2.24, 2.45) is 10.9 Å². The molecule has 2 fully saturated rings.